The second kappa shape index (κ2) is 7.20. The number of nitrogens with two attached hydrogens (primary N) is 1. The molecule has 3 N–H and O–H groups in total. The van der Waals surface area contributed by atoms with Gasteiger partial charge in [-0.05, 0) is 49.4 Å². The Morgan fingerprint density at radius 1 is 0.931 bits per heavy atom. The van der Waals surface area contributed by atoms with Crippen molar-refractivity contribution in [3.8, 4) is 34.0 Å². The van der Waals surface area contributed by atoms with Crippen molar-refractivity contribution < 1.29 is 13.5 Å². The highest BCUT2D eigenvalue weighted by Gasteiger charge is 2.16. The van der Waals surface area contributed by atoms with Crippen LogP contribution in [0.15, 0.2) is 83.8 Å². The summed E-state index contributed by atoms with van der Waals surface area (Å²) in [5.41, 5.74) is 4.79. The monoisotopic (exact) mass is 405 g/mol. The first-order valence-corrected chi connectivity index (χ1v) is 10.5. The summed E-state index contributed by atoms with van der Waals surface area (Å²) in [4.78, 5) is 0.0335. The van der Waals surface area contributed by atoms with Crippen molar-refractivity contribution in [2.75, 3.05) is 0 Å². The molecule has 0 spiro atoms. The number of aryl methyl sites for hydroxylation is 1. The number of primary sulfonamides is 1. The third kappa shape index (κ3) is 3.78. The number of hydrogen-bond donors (Lipinski definition) is 2. The van der Waals surface area contributed by atoms with Crippen molar-refractivity contribution in [3.63, 3.8) is 0 Å². The number of rotatable bonds is 4. The van der Waals surface area contributed by atoms with Crippen LogP contribution in [0, 0.1) is 6.92 Å². The molecule has 0 radical (unpaired) electrons. The summed E-state index contributed by atoms with van der Waals surface area (Å²) in [7, 11) is -3.77. The minimum atomic E-state index is -3.77. The van der Waals surface area contributed by atoms with Crippen molar-refractivity contribution in [2.24, 2.45) is 5.14 Å². The van der Waals surface area contributed by atoms with Gasteiger partial charge in [-0.15, -0.1) is 0 Å². The first-order chi connectivity index (χ1) is 13.8. The van der Waals surface area contributed by atoms with Gasteiger partial charge in [0.2, 0.25) is 10.0 Å². The lowest BCUT2D eigenvalue weighted by Crippen LogP contribution is -2.12. The molecule has 0 saturated heterocycles. The number of aromatic hydroxyl groups is 1. The molecule has 4 aromatic rings. The van der Waals surface area contributed by atoms with E-state index in [4.69, 9.17) is 5.14 Å². The molecule has 0 fully saturated rings. The minimum Gasteiger partial charge on any atom is -0.507 e. The van der Waals surface area contributed by atoms with Crippen molar-refractivity contribution in [1.29, 1.82) is 0 Å². The molecular weight excluding hydrogens is 386 g/mol. The van der Waals surface area contributed by atoms with Gasteiger partial charge in [0.1, 0.15) is 5.75 Å². The average molecular weight is 405 g/mol. The summed E-state index contributed by atoms with van der Waals surface area (Å²) in [6, 6.07) is 23.1. The normalized spacial score (nSPS) is 11.5. The SMILES string of the molecule is Cc1ccc(-c2cc(-c3ccccc3O)nn2-c2ccc(S(N)(=O)=O)cc2)cc1. The molecule has 3 aromatic carbocycles. The van der Waals surface area contributed by atoms with Crippen LogP contribution in [-0.2, 0) is 10.0 Å². The number of benzene rings is 3. The highest BCUT2D eigenvalue weighted by atomic mass is 32.2. The minimum absolute atomic E-state index is 0.0335. The molecule has 0 aliphatic rings. The van der Waals surface area contributed by atoms with Crippen molar-refractivity contribution in [1.82, 2.24) is 9.78 Å². The van der Waals surface area contributed by atoms with Crippen molar-refractivity contribution in [3.05, 3.63) is 84.4 Å². The molecule has 29 heavy (non-hydrogen) atoms. The van der Waals surface area contributed by atoms with Gasteiger partial charge in [0.15, 0.2) is 0 Å². The highest BCUT2D eigenvalue weighted by molar-refractivity contribution is 7.89. The van der Waals surface area contributed by atoms with Crippen LogP contribution in [0.5, 0.6) is 5.75 Å². The van der Waals surface area contributed by atoms with E-state index in [2.05, 4.69) is 5.10 Å². The van der Waals surface area contributed by atoms with Gasteiger partial charge in [-0.25, -0.2) is 18.2 Å². The van der Waals surface area contributed by atoms with Gasteiger partial charge in [0, 0.05) is 11.1 Å². The van der Waals surface area contributed by atoms with E-state index >= 15 is 0 Å². The summed E-state index contributed by atoms with van der Waals surface area (Å²) in [6.45, 7) is 2.01. The van der Waals surface area contributed by atoms with Crippen LogP contribution in [0.1, 0.15) is 5.56 Å². The second-order valence-electron chi connectivity index (χ2n) is 6.75. The molecule has 7 heteroatoms. The maximum absolute atomic E-state index is 11.6. The average Bonchev–Trinajstić information content (AvgIpc) is 3.13. The van der Waals surface area contributed by atoms with E-state index < -0.39 is 10.0 Å². The topological polar surface area (TPSA) is 98.2 Å². The zero-order valence-corrected chi connectivity index (χ0v) is 16.5. The van der Waals surface area contributed by atoms with Crippen LogP contribution < -0.4 is 5.14 Å². The predicted octanol–water partition coefficient (Wildman–Crippen LogP) is 3.87. The Bertz CT molecular complexity index is 1280. The van der Waals surface area contributed by atoms with Crippen LogP contribution in [0.4, 0.5) is 0 Å². The van der Waals surface area contributed by atoms with E-state index in [-0.39, 0.29) is 10.6 Å². The van der Waals surface area contributed by atoms with Gasteiger partial charge in [-0.1, -0.05) is 42.0 Å². The standard InChI is InChI=1S/C22H19N3O3S/c1-15-6-8-16(9-7-15)21-14-20(19-4-2-3-5-22(19)26)24-25(21)17-10-12-18(13-11-17)29(23,27)28/h2-14,26H,1H3,(H2,23,27,28). The summed E-state index contributed by atoms with van der Waals surface area (Å²) in [5.74, 6) is 0.136. The molecule has 0 atom stereocenters. The third-order valence-electron chi connectivity index (χ3n) is 4.65. The molecule has 6 nitrogen and oxygen atoms in total. The fourth-order valence-electron chi connectivity index (χ4n) is 3.11. The Morgan fingerprint density at radius 2 is 1.59 bits per heavy atom. The molecule has 0 unspecified atom stereocenters. The first kappa shape index (κ1) is 18.9. The second-order valence-corrected chi connectivity index (χ2v) is 8.31. The molecule has 1 heterocycles. The van der Waals surface area contributed by atoms with Gasteiger partial charge in [0.05, 0.1) is 22.0 Å². The highest BCUT2D eigenvalue weighted by Crippen LogP contribution is 2.33. The summed E-state index contributed by atoms with van der Waals surface area (Å²) >= 11 is 0. The Labute approximate surface area is 168 Å². The van der Waals surface area contributed by atoms with E-state index in [9.17, 15) is 13.5 Å². The van der Waals surface area contributed by atoms with Crippen LogP contribution in [0.3, 0.4) is 0 Å². The zero-order valence-electron chi connectivity index (χ0n) is 15.6. The number of para-hydroxylation sites is 1. The summed E-state index contributed by atoms with van der Waals surface area (Å²) in [6.07, 6.45) is 0. The lowest BCUT2D eigenvalue weighted by molar-refractivity contribution is 0.477. The van der Waals surface area contributed by atoms with E-state index in [1.165, 1.54) is 12.1 Å². The number of phenols is 1. The van der Waals surface area contributed by atoms with Crippen LogP contribution in [-0.4, -0.2) is 23.3 Å². The fraction of sp³-hybridized carbons (Fsp3) is 0.0455. The van der Waals surface area contributed by atoms with E-state index in [1.807, 2.05) is 43.3 Å². The Morgan fingerprint density at radius 3 is 2.21 bits per heavy atom. The zero-order chi connectivity index (χ0) is 20.6. The van der Waals surface area contributed by atoms with Gasteiger partial charge in [0.25, 0.3) is 0 Å². The summed E-state index contributed by atoms with van der Waals surface area (Å²) < 4.78 is 24.8. The van der Waals surface area contributed by atoms with Gasteiger partial charge in [-0.3, -0.25) is 0 Å². The molecule has 1 aromatic heterocycles. The lowest BCUT2D eigenvalue weighted by Gasteiger charge is -2.09. The summed E-state index contributed by atoms with van der Waals surface area (Å²) in [5, 5.41) is 20.1. The largest absolute Gasteiger partial charge is 0.507 e. The molecule has 4 rings (SSSR count). The molecule has 0 amide bonds. The Kier molecular flexibility index (Phi) is 4.70. The lowest BCUT2D eigenvalue weighted by atomic mass is 10.1. The Balaban J connectivity index is 1.89. The number of phenolic OH excluding ortho intramolecular Hbond substituents is 1. The maximum Gasteiger partial charge on any atom is 0.238 e. The molecular formula is C22H19N3O3S. The van der Waals surface area contributed by atoms with Gasteiger partial charge < -0.3 is 5.11 Å². The maximum atomic E-state index is 11.6. The molecule has 146 valence electrons. The number of aromatic nitrogens is 2. The molecule has 0 aliphatic heterocycles. The van der Waals surface area contributed by atoms with Crippen molar-refractivity contribution in [2.45, 2.75) is 11.8 Å². The van der Waals surface area contributed by atoms with Crippen LogP contribution >= 0.6 is 0 Å². The van der Waals surface area contributed by atoms with Crippen molar-refractivity contribution >= 4 is 10.0 Å². The van der Waals surface area contributed by atoms with Crippen LogP contribution in [0.2, 0.25) is 0 Å². The third-order valence-corrected chi connectivity index (χ3v) is 5.58. The number of sulfonamides is 1. The Hall–Kier alpha value is -3.42. The van der Waals surface area contributed by atoms with Gasteiger partial charge in [-0.2, -0.15) is 5.10 Å². The number of nitrogens with zero attached hydrogens (tertiary/aromatic N) is 2. The predicted molar refractivity (Wildman–Crippen MR) is 112 cm³/mol. The molecule has 0 bridgehead atoms. The smallest absolute Gasteiger partial charge is 0.238 e. The van der Waals surface area contributed by atoms with E-state index in [0.29, 0.717) is 16.9 Å². The first-order valence-electron chi connectivity index (χ1n) is 8.92. The molecule has 0 saturated carbocycles. The van der Waals surface area contributed by atoms with Gasteiger partial charge >= 0.3 is 0 Å². The molecule has 0 aliphatic carbocycles. The fourth-order valence-corrected chi connectivity index (χ4v) is 3.62. The number of hydrogen-bond acceptors (Lipinski definition) is 4. The quantitative estimate of drug-likeness (QED) is 0.538. The van der Waals surface area contributed by atoms with Crippen LogP contribution in [0.25, 0.3) is 28.2 Å². The van der Waals surface area contributed by atoms with E-state index in [1.54, 1.807) is 35.0 Å². The van der Waals surface area contributed by atoms with E-state index in [0.717, 1.165) is 16.8 Å².